The van der Waals surface area contributed by atoms with Crippen molar-refractivity contribution in [1.29, 1.82) is 0 Å². The Labute approximate surface area is 130 Å². The fourth-order valence-electron chi connectivity index (χ4n) is 1.79. The van der Waals surface area contributed by atoms with Gasteiger partial charge in [-0.3, -0.25) is 4.79 Å². The van der Waals surface area contributed by atoms with Crippen molar-refractivity contribution in [3.05, 3.63) is 58.3 Å². The fraction of sp³-hybridized carbons (Fsp3) is 0.143. The number of tetrazole rings is 1. The lowest BCUT2D eigenvalue weighted by atomic mass is 10.2. The molecule has 0 amide bonds. The largest absolute Gasteiger partial charge is 0.293 e. The van der Waals surface area contributed by atoms with Gasteiger partial charge in [0.05, 0.1) is 12.3 Å². The number of rotatable bonds is 6. The van der Waals surface area contributed by atoms with Crippen LogP contribution in [-0.4, -0.2) is 31.7 Å². The van der Waals surface area contributed by atoms with E-state index in [-0.39, 0.29) is 5.78 Å². The number of ketones is 1. The van der Waals surface area contributed by atoms with Gasteiger partial charge in [0.1, 0.15) is 0 Å². The van der Waals surface area contributed by atoms with Gasteiger partial charge in [-0.15, -0.1) is 16.4 Å². The van der Waals surface area contributed by atoms with E-state index in [1.807, 2.05) is 47.8 Å². The highest BCUT2D eigenvalue weighted by molar-refractivity contribution is 7.99. The standard InChI is InChI=1S/C14H12N4OS2/c19-13(11-5-2-1-3-6-11)10-21-14-15-16-17-18(14)9-12-7-4-8-20-12/h1-8H,9-10H2. The third-order valence-corrected chi connectivity index (χ3v) is 4.63. The first-order valence-corrected chi connectivity index (χ1v) is 8.19. The molecule has 0 spiro atoms. The van der Waals surface area contributed by atoms with Gasteiger partial charge in [-0.05, 0) is 21.9 Å². The van der Waals surface area contributed by atoms with Gasteiger partial charge in [0.15, 0.2) is 5.78 Å². The predicted molar refractivity (Wildman–Crippen MR) is 82.7 cm³/mol. The fourth-order valence-corrected chi connectivity index (χ4v) is 3.24. The summed E-state index contributed by atoms with van der Waals surface area (Å²) in [5, 5.41) is 14.3. The predicted octanol–water partition coefficient (Wildman–Crippen LogP) is 2.76. The first-order valence-electron chi connectivity index (χ1n) is 6.32. The molecule has 106 valence electrons. The molecule has 0 radical (unpaired) electrons. The van der Waals surface area contributed by atoms with Gasteiger partial charge in [0, 0.05) is 10.4 Å². The summed E-state index contributed by atoms with van der Waals surface area (Å²) in [6, 6.07) is 13.3. The lowest BCUT2D eigenvalue weighted by molar-refractivity contribution is 0.102. The lowest BCUT2D eigenvalue weighted by Gasteiger charge is -2.02. The van der Waals surface area contributed by atoms with Gasteiger partial charge in [0.25, 0.3) is 0 Å². The maximum atomic E-state index is 12.1. The van der Waals surface area contributed by atoms with Crippen LogP contribution in [0, 0.1) is 0 Å². The van der Waals surface area contributed by atoms with Crippen LogP contribution in [0.2, 0.25) is 0 Å². The average Bonchev–Trinajstić information content (AvgIpc) is 3.18. The molecular weight excluding hydrogens is 304 g/mol. The summed E-state index contributed by atoms with van der Waals surface area (Å²) in [4.78, 5) is 13.3. The first-order chi connectivity index (χ1) is 10.3. The van der Waals surface area contributed by atoms with Crippen LogP contribution in [0.3, 0.4) is 0 Å². The molecule has 2 aromatic heterocycles. The van der Waals surface area contributed by atoms with Crippen molar-refractivity contribution < 1.29 is 4.79 Å². The Kier molecular flexibility index (Phi) is 4.42. The summed E-state index contributed by atoms with van der Waals surface area (Å²) in [5.41, 5.74) is 0.710. The maximum absolute atomic E-state index is 12.1. The van der Waals surface area contributed by atoms with Crippen molar-refractivity contribution in [2.24, 2.45) is 0 Å². The van der Waals surface area contributed by atoms with Crippen molar-refractivity contribution in [3.63, 3.8) is 0 Å². The number of aromatic nitrogens is 4. The number of thiophene rings is 1. The van der Waals surface area contributed by atoms with Crippen LogP contribution in [-0.2, 0) is 6.54 Å². The van der Waals surface area contributed by atoms with Crippen molar-refractivity contribution in [2.45, 2.75) is 11.7 Å². The van der Waals surface area contributed by atoms with E-state index < -0.39 is 0 Å². The highest BCUT2D eigenvalue weighted by Gasteiger charge is 2.11. The molecule has 3 rings (SSSR count). The molecule has 0 N–H and O–H groups in total. The van der Waals surface area contributed by atoms with Crippen LogP contribution in [0.25, 0.3) is 0 Å². The summed E-state index contributed by atoms with van der Waals surface area (Å²) < 4.78 is 1.72. The van der Waals surface area contributed by atoms with Crippen LogP contribution < -0.4 is 0 Å². The van der Waals surface area contributed by atoms with Crippen LogP contribution in [0.15, 0.2) is 53.0 Å². The summed E-state index contributed by atoms with van der Waals surface area (Å²) in [6.07, 6.45) is 0. The van der Waals surface area contributed by atoms with Gasteiger partial charge in [-0.1, -0.05) is 48.2 Å². The molecule has 0 aliphatic carbocycles. The smallest absolute Gasteiger partial charge is 0.210 e. The summed E-state index contributed by atoms with van der Waals surface area (Å²) in [7, 11) is 0. The molecule has 0 aliphatic rings. The van der Waals surface area contributed by atoms with Gasteiger partial charge < -0.3 is 0 Å². The molecule has 0 fully saturated rings. The minimum Gasteiger partial charge on any atom is -0.293 e. The van der Waals surface area contributed by atoms with Gasteiger partial charge >= 0.3 is 0 Å². The van der Waals surface area contributed by atoms with E-state index in [9.17, 15) is 4.79 Å². The molecule has 0 saturated carbocycles. The van der Waals surface area contributed by atoms with Crippen molar-refractivity contribution in [1.82, 2.24) is 20.2 Å². The SMILES string of the molecule is O=C(CSc1nnnn1Cc1cccs1)c1ccccc1. The third kappa shape index (κ3) is 3.56. The van der Waals surface area contributed by atoms with Crippen molar-refractivity contribution in [2.75, 3.05) is 5.75 Å². The van der Waals surface area contributed by atoms with Crippen molar-refractivity contribution in [3.8, 4) is 0 Å². The topological polar surface area (TPSA) is 60.7 Å². The van der Waals surface area contributed by atoms with E-state index in [2.05, 4.69) is 15.5 Å². The van der Waals surface area contributed by atoms with E-state index in [1.165, 1.54) is 16.6 Å². The molecular formula is C14H12N4OS2. The zero-order valence-electron chi connectivity index (χ0n) is 11.0. The Morgan fingerprint density at radius 2 is 2.05 bits per heavy atom. The quantitative estimate of drug-likeness (QED) is 0.517. The normalized spacial score (nSPS) is 10.7. The number of carbonyl (C=O) groups is 1. The number of nitrogens with zero attached hydrogens (tertiary/aromatic N) is 4. The summed E-state index contributed by atoms with van der Waals surface area (Å²) in [5.74, 6) is 0.403. The second kappa shape index (κ2) is 6.64. The molecule has 5 nitrogen and oxygen atoms in total. The lowest BCUT2D eigenvalue weighted by Crippen LogP contribution is -2.06. The minimum absolute atomic E-state index is 0.0753. The number of Topliss-reactive ketones (excluding diaryl/α,β-unsaturated/α-hetero) is 1. The molecule has 0 bridgehead atoms. The van der Waals surface area contributed by atoms with Gasteiger partial charge in [-0.25, -0.2) is 4.68 Å². The van der Waals surface area contributed by atoms with Crippen molar-refractivity contribution >= 4 is 28.9 Å². The highest BCUT2D eigenvalue weighted by Crippen LogP contribution is 2.18. The van der Waals surface area contributed by atoms with Gasteiger partial charge in [-0.2, -0.15) is 0 Å². The minimum atomic E-state index is 0.0753. The van der Waals surface area contributed by atoms with E-state index in [1.54, 1.807) is 16.0 Å². The second-order valence-corrected chi connectivity index (χ2v) is 6.25. The molecule has 21 heavy (non-hydrogen) atoms. The Hall–Kier alpha value is -1.99. The highest BCUT2D eigenvalue weighted by atomic mass is 32.2. The molecule has 2 heterocycles. The van der Waals surface area contributed by atoms with E-state index >= 15 is 0 Å². The molecule has 0 saturated heterocycles. The molecule has 7 heteroatoms. The molecule has 1 aromatic carbocycles. The zero-order valence-corrected chi connectivity index (χ0v) is 12.7. The Balaban J connectivity index is 1.64. The summed E-state index contributed by atoms with van der Waals surface area (Å²) >= 11 is 3.02. The maximum Gasteiger partial charge on any atom is 0.210 e. The Morgan fingerprint density at radius 3 is 2.81 bits per heavy atom. The Bertz CT molecular complexity index is 710. The molecule has 0 atom stereocenters. The average molecular weight is 316 g/mol. The van der Waals surface area contributed by atoms with E-state index in [0.717, 1.165) is 0 Å². The monoisotopic (exact) mass is 316 g/mol. The number of benzene rings is 1. The van der Waals surface area contributed by atoms with E-state index in [0.29, 0.717) is 23.0 Å². The number of carbonyl (C=O) groups excluding carboxylic acids is 1. The van der Waals surface area contributed by atoms with Crippen LogP contribution in [0.1, 0.15) is 15.2 Å². The van der Waals surface area contributed by atoms with Crippen LogP contribution in [0.4, 0.5) is 0 Å². The van der Waals surface area contributed by atoms with E-state index in [4.69, 9.17) is 0 Å². The third-order valence-electron chi connectivity index (χ3n) is 2.81. The van der Waals surface area contributed by atoms with Crippen LogP contribution in [0.5, 0.6) is 0 Å². The first kappa shape index (κ1) is 14.0. The number of hydrogen-bond acceptors (Lipinski definition) is 6. The number of thioether (sulfide) groups is 1. The zero-order chi connectivity index (χ0) is 14.5. The molecule has 0 unspecified atom stereocenters. The molecule has 0 aliphatic heterocycles. The van der Waals surface area contributed by atoms with Crippen LogP contribution >= 0.6 is 23.1 Å². The Morgan fingerprint density at radius 1 is 1.19 bits per heavy atom. The molecule has 3 aromatic rings. The summed E-state index contributed by atoms with van der Waals surface area (Å²) in [6.45, 7) is 0.631. The second-order valence-electron chi connectivity index (χ2n) is 4.28. The number of hydrogen-bond donors (Lipinski definition) is 0. The van der Waals surface area contributed by atoms with Gasteiger partial charge in [0.2, 0.25) is 5.16 Å².